The Morgan fingerprint density at radius 3 is 2.26 bits per heavy atom. The molecule has 3 aliphatic heterocycles. The summed E-state index contributed by atoms with van der Waals surface area (Å²) in [6.45, 7) is 7.58. The van der Waals surface area contributed by atoms with Gasteiger partial charge < -0.3 is 48.8 Å². The molecule has 13 atom stereocenters. The van der Waals surface area contributed by atoms with Gasteiger partial charge in [0.15, 0.2) is 18.9 Å². The van der Waals surface area contributed by atoms with Crippen LogP contribution in [0.5, 0.6) is 0 Å². The van der Waals surface area contributed by atoms with Crippen molar-refractivity contribution >= 4 is 0 Å². The molecule has 0 aromatic heterocycles. The summed E-state index contributed by atoms with van der Waals surface area (Å²) >= 11 is 0. The summed E-state index contributed by atoms with van der Waals surface area (Å²) in [5.41, 5.74) is 8.31. The quantitative estimate of drug-likeness (QED) is 0.155. The van der Waals surface area contributed by atoms with Gasteiger partial charge in [-0.1, -0.05) is 25.9 Å². The molecule has 0 bridgehead atoms. The molecular weight excluding hydrogens is 454 g/mol. The average Bonchev–Trinajstić information content (AvgIpc) is 2.81. The maximum absolute atomic E-state index is 10.6. The van der Waals surface area contributed by atoms with Gasteiger partial charge in [-0.3, -0.25) is 0 Å². The van der Waals surface area contributed by atoms with Crippen LogP contribution in [0, 0.1) is 17.8 Å². The highest BCUT2D eigenvalue weighted by Gasteiger charge is 2.48. The van der Waals surface area contributed by atoms with Crippen molar-refractivity contribution in [3.63, 3.8) is 0 Å². The summed E-state index contributed by atoms with van der Waals surface area (Å²) < 4.78 is 34.8. The lowest BCUT2D eigenvalue weighted by atomic mass is 9.85. The minimum absolute atomic E-state index is 0.0206. The summed E-state index contributed by atoms with van der Waals surface area (Å²) in [5.74, 6) is -0.741. The third-order valence-corrected chi connectivity index (χ3v) is 6.92. The molecule has 0 saturated carbocycles. The Balaban J connectivity index is 1.59. The first-order valence-corrected chi connectivity index (χ1v) is 11.7. The highest BCUT2D eigenvalue weighted by atomic mass is 16.7. The molecule has 4 unspecified atom stereocenters. The second kappa shape index (κ2) is 12.2. The van der Waals surface area contributed by atoms with Crippen LogP contribution in [-0.4, -0.2) is 108 Å². The molecule has 3 rings (SSSR count). The highest BCUT2D eigenvalue weighted by Crippen LogP contribution is 2.37. The van der Waals surface area contributed by atoms with Gasteiger partial charge in [0.05, 0.1) is 38.1 Å². The summed E-state index contributed by atoms with van der Waals surface area (Å²) in [7, 11) is 0. The third kappa shape index (κ3) is 6.18. The minimum Gasteiger partial charge on any atom is -0.390 e. The van der Waals surface area contributed by atoms with Crippen molar-refractivity contribution in [1.82, 2.24) is 0 Å². The molecule has 34 heavy (non-hydrogen) atoms. The number of hydrogen-bond acceptors (Lipinski definition) is 11. The number of aliphatic hydroxyl groups excluding tert-OH is 4. The highest BCUT2D eigenvalue weighted by molar-refractivity contribution is 4.90. The average molecular weight is 492 g/mol. The predicted molar refractivity (Wildman–Crippen MR) is 115 cm³/mol. The molecule has 13 nitrogen and oxygen atoms in total. The molecule has 4 N–H and O–H groups in total. The molecule has 13 heteroatoms. The van der Waals surface area contributed by atoms with Gasteiger partial charge in [0.1, 0.15) is 24.4 Å². The topological polar surface area (TPSA) is 185 Å². The lowest BCUT2D eigenvalue weighted by molar-refractivity contribution is -0.343. The number of rotatable bonds is 8. The lowest BCUT2D eigenvalue weighted by Gasteiger charge is -2.48. The van der Waals surface area contributed by atoms with Gasteiger partial charge in [-0.25, -0.2) is 0 Å². The Bertz CT molecular complexity index is 698. The van der Waals surface area contributed by atoms with E-state index in [1.165, 1.54) is 0 Å². The molecule has 3 aliphatic rings. The van der Waals surface area contributed by atoms with Gasteiger partial charge in [-0.05, 0) is 12.5 Å². The summed E-state index contributed by atoms with van der Waals surface area (Å²) in [5, 5.41) is 44.3. The Morgan fingerprint density at radius 1 is 0.853 bits per heavy atom. The summed E-state index contributed by atoms with van der Waals surface area (Å²) in [6.07, 6.45) is -8.57. The maximum atomic E-state index is 10.6. The van der Waals surface area contributed by atoms with E-state index in [1.54, 1.807) is 6.92 Å². The normalized spacial score (nSPS) is 47.7. The molecule has 0 aromatic carbocycles. The van der Waals surface area contributed by atoms with Crippen LogP contribution < -0.4 is 0 Å². The van der Waals surface area contributed by atoms with Gasteiger partial charge >= 0.3 is 0 Å². The van der Waals surface area contributed by atoms with Crippen LogP contribution in [0.15, 0.2) is 5.11 Å². The molecule has 0 radical (unpaired) electrons. The lowest BCUT2D eigenvalue weighted by Crippen LogP contribution is -2.59. The van der Waals surface area contributed by atoms with Crippen LogP contribution >= 0.6 is 0 Å². The first kappa shape index (κ1) is 27.5. The van der Waals surface area contributed by atoms with Crippen molar-refractivity contribution in [2.24, 2.45) is 22.9 Å². The molecular formula is C21H37N3O10. The van der Waals surface area contributed by atoms with Crippen LogP contribution in [-0.2, 0) is 28.4 Å². The molecule has 196 valence electrons. The molecule has 0 aliphatic carbocycles. The first-order valence-electron chi connectivity index (χ1n) is 11.7. The van der Waals surface area contributed by atoms with Crippen LogP contribution in [0.3, 0.4) is 0 Å². The van der Waals surface area contributed by atoms with Gasteiger partial charge in [0, 0.05) is 29.2 Å². The largest absolute Gasteiger partial charge is 0.390 e. The van der Waals surface area contributed by atoms with Crippen molar-refractivity contribution < 1.29 is 48.8 Å². The van der Waals surface area contributed by atoms with Gasteiger partial charge in [0.2, 0.25) is 0 Å². The van der Waals surface area contributed by atoms with Crippen LogP contribution in [0.4, 0.5) is 0 Å². The molecule has 0 spiro atoms. The molecule has 3 fully saturated rings. The Labute approximate surface area is 198 Å². The van der Waals surface area contributed by atoms with Crippen molar-refractivity contribution in [3.8, 4) is 0 Å². The fourth-order valence-corrected chi connectivity index (χ4v) is 4.50. The minimum atomic E-state index is -1.36. The summed E-state index contributed by atoms with van der Waals surface area (Å²) in [6, 6.07) is 0. The van der Waals surface area contributed by atoms with E-state index in [1.807, 2.05) is 20.8 Å². The van der Waals surface area contributed by atoms with Gasteiger partial charge in [-0.2, -0.15) is 0 Å². The van der Waals surface area contributed by atoms with Crippen molar-refractivity contribution in [1.29, 1.82) is 0 Å². The number of aliphatic hydroxyl groups is 4. The van der Waals surface area contributed by atoms with E-state index in [-0.39, 0.29) is 50.4 Å². The van der Waals surface area contributed by atoms with E-state index in [0.717, 1.165) is 0 Å². The maximum Gasteiger partial charge on any atom is 0.186 e. The zero-order valence-corrected chi connectivity index (χ0v) is 19.9. The zero-order chi connectivity index (χ0) is 25.0. The Kier molecular flexibility index (Phi) is 9.90. The SMILES string of the molecule is CC1O[C@@H](O[C@@H]2CO[C@@H](OCCN=[N+]=[N-])[C@@H](O)C2O)[C@@H](C)C(O[C@H]2OC[C@@H](O)C(O)[C@@H]2C)[C@@H]1C. The third-order valence-electron chi connectivity index (χ3n) is 6.92. The van der Waals surface area contributed by atoms with Crippen LogP contribution in [0.2, 0.25) is 0 Å². The van der Waals surface area contributed by atoms with Crippen molar-refractivity contribution in [2.45, 2.75) is 89.3 Å². The van der Waals surface area contributed by atoms with E-state index in [4.69, 9.17) is 34.0 Å². The second-order valence-corrected chi connectivity index (χ2v) is 9.33. The van der Waals surface area contributed by atoms with Crippen LogP contribution in [0.25, 0.3) is 10.4 Å². The molecule has 0 amide bonds. The summed E-state index contributed by atoms with van der Waals surface area (Å²) in [4.78, 5) is 2.62. The standard InChI is InChI=1S/C21H37N3O10/c1-9-12(4)32-20(11(3)18(9)34-19-10(2)15(26)13(25)7-30-19)33-14-8-31-21(17(28)16(14)27)29-6-5-23-24-22/h9-21,25-28H,5-8H2,1-4H3/t9-,10+,11+,12?,13-,14-,15?,16?,17+,18?,19-,20+,21-/m1/s1. The van der Waals surface area contributed by atoms with E-state index in [0.29, 0.717) is 0 Å². The Hall–Kier alpha value is -1.09. The number of ether oxygens (including phenoxy) is 6. The fourth-order valence-electron chi connectivity index (χ4n) is 4.50. The number of nitrogens with zero attached hydrogens (tertiary/aromatic N) is 3. The zero-order valence-electron chi connectivity index (χ0n) is 19.9. The number of azide groups is 1. The van der Waals surface area contributed by atoms with E-state index >= 15 is 0 Å². The van der Waals surface area contributed by atoms with E-state index in [2.05, 4.69) is 10.0 Å². The van der Waals surface area contributed by atoms with Crippen molar-refractivity contribution in [3.05, 3.63) is 10.4 Å². The van der Waals surface area contributed by atoms with E-state index < -0.39 is 55.3 Å². The fraction of sp³-hybridized carbons (Fsp3) is 1.00. The predicted octanol–water partition coefficient (Wildman–Crippen LogP) is -0.107. The molecule has 3 heterocycles. The second-order valence-electron chi connectivity index (χ2n) is 9.33. The van der Waals surface area contributed by atoms with Gasteiger partial charge in [-0.15, -0.1) is 0 Å². The van der Waals surface area contributed by atoms with Gasteiger partial charge in [0.25, 0.3) is 0 Å². The molecule has 3 saturated heterocycles. The molecule has 0 aromatic rings. The van der Waals surface area contributed by atoms with Crippen molar-refractivity contribution in [2.75, 3.05) is 26.4 Å². The Morgan fingerprint density at radius 2 is 1.56 bits per heavy atom. The number of hydrogen-bond donors (Lipinski definition) is 4. The van der Waals surface area contributed by atoms with Crippen LogP contribution in [0.1, 0.15) is 27.7 Å². The monoisotopic (exact) mass is 491 g/mol. The first-order chi connectivity index (χ1) is 16.1. The van der Waals surface area contributed by atoms with E-state index in [9.17, 15) is 20.4 Å². The smallest absolute Gasteiger partial charge is 0.186 e.